The maximum absolute atomic E-state index is 14.5. The number of hydrogen-bond acceptors (Lipinski definition) is 1. The van der Waals surface area contributed by atoms with Crippen LogP contribution in [0.3, 0.4) is 0 Å². The standard InChI is InChI=1S/C17H23F2N/c1-3-20-17(13-9-11-5-6-12(13)8-11)15-14(18)7-4-10(2)16(15)19/h4,7,11-13,17,20H,3,5-6,8-9H2,1-2H3. The van der Waals surface area contributed by atoms with Crippen LogP contribution in [0.4, 0.5) is 8.78 Å². The van der Waals surface area contributed by atoms with Crippen molar-refractivity contribution < 1.29 is 8.78 Å². The maximum atomic E-state index is 14.5. The van der Waals surface area contributed by atoms with Crippen LogP contribution in [0.25, 0.3) is 0 Å². The van der Waals surface area contributed by atoms with Crippen LogP contribution < -0.4 is 5.32 Å². The number of aryl methyl sites for hydroxylation is 1. The largest absolute Gasteiger partial charge is 0.310 e. The Balaban J connectivity index is 1.97. The molecule has 2 aliphatic carbocycles. The highest BCUT2D eigenvalue weighted by atomic mass is 19.1. The van der Waals surface area contributed by atoms with Gasteiger partial charge in [0.2, 0.25) is 0 Å². The Morgan fingerprint density at radius 3 is 2.65 bits per heavy atom. The van der Waals surface area contributed by atoms with E-state index in [1.807, 2.05) is 6.92 Å². The summed E-state index contributed by atoms with van der Waals surface area (Å²) in [7, 11) is 0. The highest BCUT2D eigenvalue weighted by Gasteiger charge is 2.44. The van der Waals surface area contributed by atoms with E-state index >= 15 is 0 Å². The smallest absolute Gasteiger partial charge is 0.133 e. The molecule has 0 aliphatic heterocycles. The molecule has 1 aromatic carbocycles. The van der Waals surface area contributed by atoms with Gasteiger partial charge < -0.3 is 5.32 Å². The van der Waals surface area contributed by atoms with Gasteiger partial charge in [-0.25, -0.2) is 8.78 Å². The molecular formula is C17H23F2N. The summed E-state index contributed by atoms with van der Waals surface area (Å²) in [6.07, 6.45) is 4.90. The van der Waals surface area contributed by atoms with E-state index in [-0.39, 0.29) is 17.4 Å². The topological polar surface area (TPSA) is 12.0 Å². The Labute approximate surface area is 119 Å². The van der Waals surface area contributed by atoms with Gasteiger partial charge in [-0.2, -0.15) is 0 Å². The fourth-order valence-electron chi connectivity index (χ4n) is 4.35. The zero-order valence-electron chi connectivity index (χ0n) is 12.3. The van der Waals surface area contributed by atoms with Gasteiger partial charge in [-0.1, -0.05) is 19.4 Å². The van der Waals surface area contributed by atoms with Crippen molar-refractivity contribution in [2.24, 2.45) is 17.8 Å². The molecule has 1 N–H and O–H groups in total. The number of hydrogen-bond donors (Lipinski definition) is 1. The van der Waals surface area contributed by atoms with E-state index in [9.17, 15) is 8.78 Å². The molecule has 4 unspecified atom stereocenters. The van der Waals surface area contributed by atoms with E-state index in [1.165, 1.54) is 31.4 Å². The summed E-state index contributed by atoms with van der Waals surface area (Å²) in [5, 5.41) is 3.35. The van der Waals surface area contributed by atoms with Crippen LogP contribution >= 0.6 is 0 Å². The van der Waals surface area contributed by atoms with E-state index < -0.39 is 5.82 Å². The molecule has 3 rings (SSSR count). The molecule has 2 bridgehead atoms. The van der Waals surface area contributed by atoms with Crippen LogP contribution in [0, 0.1) is 36.3 Å². The van der Waals surface area contributed by atoms with Gasteiger partial charge in [0.15, 0.2) is 0 Å². The molecule has 110 valence electrons. The fraction of sp³-hybridized carbons (Fsp3) is 0.647. The van der Waals surface area contributed by atoms with Crippen LogP contribution in [-0.2, 0) is 0 Å². The third kappa shape index (κ3) is 2.26. The minimum atomic E-state index is -0.401. The van der Waals surface area contributed by atoms with Gasteiger partial charge in [-0.3, -0.25) is 0 Å². The third-order valence-corrected chi connectivity index (χ3v) is 5.28. The van der Waals surface area contributed by atoms with E-state index in [4.69, 9.17) is 0 Å². The summed E-state index contributed by atoms with van der Waals surface area (Å²) in [4.78, 5) is 0. The Kier molecular flexibility index (Phi) is 3.80. The first-order valence-corrected chi connectivity index (χ1v) is 7.79. The number of nitrogens with one attached hydrogen (secondary N) is 1. The average Bonchev–Trinajstić information content (AvgIpc) is 3.05. The lowest BCUT2D eigenvalue weighted by atomic mass is 9.80. The van der Waals surface area contributed by atoms with Gasteiger partial charge in [0.1, 0.15) is 11.6 Å². The SMILES string of the molecule is CCNC(c1c(F)ccc(C)c1F)C1CC2CCC1C2. The number of fused-ring (bicyclic) bond motifs is 2. The Morgan fingerprint density at radius 1 is 1.25 bits per heavy atom. The molecule has 0 amide bonds. The molecule has 3 heteroatoms. The lowest BCUT2D eigenvalue weighted by Gasteiger charge is -2.32. The highest BCUT2D eigenvalue weighted by molar-refractivity contribution is 5.30. The van der Waals surface area contributed by atoms with Gasteiger partial charge in [0.05, 0.1) is 0 Å². The monoisotopic (exact) mass is 279 g/mol. The minimum absolute atomic E-state index is 0.171. The fourth-order valence-corrected chi connectivity index (χ4v) is 4.35. The van der Waals surface area contributed by atoms with Gasteiger partial charge in [-0.15, -0.1) is 0 Å². The predicted molar refractivity (Wildman–Crippen MR) is 76.5 cm³/mol. The van der Waals surface area contributed by atoms with Gasteiger partial charge in [0, 0.05) is 11.6 Å². The zero-order chi connectivity index (χ0) is 14.3. The Bertz CT molecular complexity index is 500. The molecule has 4 atom stereocenters. The molecule has 20 heavy (non-hydrogen) atoms. The lowest BCUT2D eigenvalue weighted by Crippen LogP contribution is -2.33. The maximum Gasteiger partial charge on any atom is 0.133 e. The molecule has 2 aliphatic rings. The van der Waals surface area contributed by atoms with Crippen molar-refractivity contribution in [2.75, 3.05) is 6.54 Å². The van der Waals surface area contributed by atoms with E-state index in [1.54, 1.807) is 6.92 Å². The van der Waals surface area contributed by atoms with E-state index in [0.29, 0.717) is 17.4 Å². The summed E-state index contributed by atoms with van der Waals surface area (Å²) in [5.41, 5.74) is 0.803. The zero-order valence-corrected chi connectivity index (χ0v) is 12.3. The predicted octanol–water partition coefficient (Wildman–Crippen LogP) is 4.36. The van der Waals surface area contributed by atoms with Crippen molar-refractivity contribution in [2.45, 2.75) is 45.6 Å². The van der Waals surface area contributed by atoms with E-state index in [0.717, 1.165) is 18.9 Å². The molecule has 0 saturated heterocycles. The minimum Gasteiger partial charge on any atom is -0.310 e. The van der Waals surface area contributed by atoms with Crippen molar-refractivity contribution >= 4 is 0 Å². The molecule has 0 spiro atoms. The summed E-state index contributed by atoms with van der Waals surface area (Å²) >= 11 is 0. The van der Waals surface area contributed by atoms with Gasteiger partial charge in [-0.05, 0) is 62.1 Å². The number of halogens is 2. The molecule has 1 nitrogen and oxygen atoms in total. The molecule has 0 heterocycles. The van der Waals surface area contributed by atoms with Crippen molar-refractivity contribution in [1.29, 1.82) is 0 Å². The summed E-state index contributed by atoms with van der Waals surface area (Å²) in [5.74, 6) is 1.05. The first-order valence-electron chi connectivity index (χ1n) is 7.79. The molecule has 0 aromatic heterocycles. The summed E-state index contributed by atoms with van der Waals surface area (Å²) < 4.78 is 28.7. The molecular weight excluding hydrogens is 256 g/mol. The highest BCUT2D eigenvalue weighted by Crippen LogP contribution is 2.53. The molecule has 2 saturated carbocycles. The lowest BCUT2D eigenvalue weighted by molar-refractivity contribution is 0.244. The normalized spacial score (nSPS) is 29.9. The summed E-state index contributed by atoms with van der Waals surface area (Å²) in [6.45, 7) is 4.46. The second kappa shape index (κ2) is 5.44. The van der Waals surface area contributed by atoms with Crippen molar-refractivity contribution in [3.8, 4) is 0 Å². The van der Waals surface area contributed by atoms with Gasteiger partial charge in [0.25, 0.3) is 0 Å². The van der Waals surface area contributed by atoms with Crippen LogP contribution in [0.2, 0.25) is 0 Å². The third-order valence-electron chi connectivity index (χ3n) is 5.28. The molecule has 2 fully saturated rings. The van der Waals surface area contributed by atoms with Crippen LogP contribution in [0.5, 0.6) is 0 Å². The molecule has 1 aromatic rings. The number of benzene rings is 1. The van der Waals surface area contributed by atoms with Crippen molar-refractivity contribution in [3.05, 3.63) is 34.9 Å². The van der Waals surface area contributed by atoms with Crippen molar-refractivity contribution in [3.63, 3.8) is 0 Å². The van der Waals surface area contributed by atoms with Crippen LogP contribution in [0.15, 0.2) is 12.1 Å². The van der Waals surface area contributed by atoms with Crippen molar-refractivity contribution in [1.82, 2.24) is 5.32 Å². The first kappa shape index (κ1) is 14.0. The van der Waals surface area contributed by atoms with Crippen LogP contribution in [-0.4, -0.2) is 6.54 Å². The molecule has 0 radical (unpaired) electrons. The average molecular weight is 279 g/mol. The summed E-state index contributed by atoms with van der Waals surface area (Å²) in [6, 6.07) is 2.76. The number of rotatable bonds is 4. The second-order valence-electron chi connectivity index (χ2n) is 6.47. The first-order chi connectivity index (χ1) is 9.61. The Hall–Kier alpha value is -0.960. The quantitative estimate of drug-likeness (QED) is 0.863. The Morgan fingerprint density at radius 2 is 2.05 bits per heavy atom. The second-order valence-corrected chi connectivity index (χ2v) is 6.47. The van der Waals surface area contributed by atoms with Gasteiger partial charge >= 0.3 is 0 Å². The van der Waals surface area contributed by atoms with Crippen LogP contribution in [0.1, 0.15) is 49.8 Å². The van der Waals surface area contributed by atoms with E-state index in [2.05, 4.69) is 5.32 Å².